The lowest BCUT2D eigenvalue weighted by Crippen LogP contribution is -2.28. The van der Waals surface area contributed by atoms with Crippen LogP contribution in [0.4, 0.5) is 23.7 Å². The number of urea groups is 1. The maximum Gasteiger partial charge on any atom is 0.573 e. The van der Waals surface area contributed by atoms with Gasteiger partial charge in [-0.2, -0.15) is 0 Å². The van der Waals surface area contributed by atoms with Gasteiger partial charge >= 0.3 is 12.4 Å². The second kappa shape index (κ2) is 11.3. The number of ether oxygens (including phenoxy) is 1. The summed E-state index contributed by atoms with van der Waals surface area (Å²) in [5.41, 5.74) is 1.08. The van der Waals surface area contributed by atoms with Crippen LogP contribution in [0.5, 0.6) is 5.75 Å². The van der Waals surface area contributed by atoms with Crippen molar-refractivity contribution in [2.45, 2.75) is 36.5 Å². The number of benzene rings is 2. The van der Waals surface area contributed by atoms with Crippen LogP contribution in [0.15, 0.2) is 82.8 Å². The molecule has 0 spiro atoms. The highest BCUT2D eigenvalue weighted by Gasteiger charge is 2.34. The molecule has 0 radical (unpaired) electrons. The van der Waals surface area contributed by atoms with Crippen molar-refractivity contribution in [1.29, 1.82) is 0 Å². The first kappa shape index (κ1) is 25.7. The largest absolute Gasteiger partial charge is 0.573 e. The summed E-state index contributed by atoms with van der Waals surface area (Å²) in [7, 11) is -4.29. The summed E-state index contributed by atoms with van der Waals surface area (Å²) in [6.07, 6.45) is -1.84. The van der Waals surface area contributed by atoms with E-state index in [1.165, 1.54) is 36.4 Å². The Bertz CT molecular complexity index is 1150. The molecule has 0 aliphatic carbocycles. The topological polar surface area (TPSA) is 97.4 Å². The van der Waals surface area contributed by atoms with E-state index in [0.29, 0.717) is 5.69 Å². The number of anilines is 1. The maximum atomic E-state index is 12.8. The Labute approximate surface area is 189 Å². The van der Waals surface area contributed by atoms with Crippen LogP contribution in [-0.4, -0.2) is 25.8 Å². The number of carbonyl (C=O) groups excluding carboxylic acids is 1. The second-order valence-electron chi connectivity index (χ2n) is 6.19. The molecule has 0 atom stereocenters. The Morgan fingerprint density at radius 2 is 1.67 bits per heavy atom. The van der Waals surface area contributed by atoms with E-state index in [9.17, 15) is 26.4 Å². The molecule has 2 aromatic carbocycles. The normalized spacial score (nSPS) is 11.1. The van der Waals surface area contributed by atoms with Gasteiger partial charge in [0, 0.05) is 24.6 Å². The zero-order valence-electron chi connectivity index (χ0n) is 17.8. The van der Waals surface area contributed by atoms with Crippen LogP contribution in [-0.2, 0) is 16.4 Å². The van der Waals surface area contributed by atoms with Crippen molar-refractivity contribution >= 4 is 21.6 Å². The SMILES string of the molecule is CC.O=C(NCc1cccnc1)Nc1ccc(S(=O)(=O)c2ccccc2OC(F)(F)F)cc1. The lowest BCUT2D eigenvalue weighted by Gasteiger charge is -2.14. The summed E-state index contributed by atoms with van der Waals surface area (Å²) in [4.78, 5) is 15.0. The Balaban J connectivity index is 0.00000187. The summed E-state index contributed by atoms with van der Waals surface area (Å²) >= 11 is 0. The van der Waals surface area contributed by atoms with Gasteiger partial charge in [0.15, 0.2) is 0 Å². The minimum absolute atomic E-state index is 0.238. The molecule has 2 amide bonds. The third-order valence-corrected chi connectivity index (χ3v) is 5.77. The van der Waals surface area contributed by atoms with Gasteiger partial charge < -0.3 is 15.4 Å². The van der Waals surface area contributed by atoms with Gasteiger partial charge in [-0.3, -0.25) is 4.98 Å². The number of rotatable bonds is 6. The average molecular weight is 481 g/mol. The zero-order chi connectivity index (χ0) is 24.5. The molecular weight excluding hydrogens is 459 g/mol. The number of halogens is 3. The molecule has 0 aliphatic rings. The zero-order valence-corrected chi connectivity index (χ0v) is 18.6. The number of sulfone groups is 1. The van der Waals surface area contributed by atoms with E-state index < -0.39 is 32.9 Å². The molecule has 0 saturated carbocycles. The molecule has 0 aliphatic heterocycles. The van der Waals surface area contributed by atoms with E-state index in [0.717, 1.165) is 17.7 Å². The van der Waals surface area contributed by atoms with E-state index in [1.807, 2.05) is 13.8 Å². The molecule has 0 saturated heterocycles. The fourth-order valence-corrected chi connectivity index (χ4v) is 3.97. The van der Waals surface area contributed by atoms with Gasteiger partial charge in [-0.1, -0.05) is 32.0 Å². The van der Waals surface area contributed by atoms with Crippen molar-refractivity contribution in [3.63, 3.8) is 0 Å². The molecule has 2 N–H and O–H groups in total. The van der Waals surface area contributed by atoms with Gasteiger partial charge in [-0.05, 0) is 48.0 Å². The van der Waals surface area contributed by atoms with E-state index in [4.69, 9.17) is 0 Å². The lowest BCUT2D eigenvalue weighted by molar-refractivity contribution is -0.275. The Hall–Kier alpha value is -3.60. The van der Waals surface area contributed by atoms with Crippen molar-refractivity contribution in [1.82, 2.24) is 10.3 Å². The van der Waals surface area contributed by atoms with Gasteiger partial charge in [-0.15, -0.1) is 13.2 Å². The first-order valence-electron chi connectivity index (χ1n) is 9.79. The Morgan fingerprint density at radius 1 is 1.00 bits per heavy atom. The van der Waals surface area contributed by atoms with Crippen molar-refractivity contribution in [3.05, 3.63) is 78.6 Å². The van der Waals surface area contributed by atoms with E-state index in [-0.39, 0.29) is 11.4 Å². The van der Waals surface area contributed by atoms with Crippen molar-refractivity contribution in [2.75, 3.05) is 5.32 Å². The van der Waals surface area contributed by atoms with Gasteiger partial charge in [0.1, 0.15) is 10.6 Å². The number of para-hydroxylation sites is 1. The van der Waals surface area contributed by atoms with E-state index >= 15 is 0 Å². The summed E-state index contributed by atoms with van der Waals surface area (Å²) in [5, 5.41) is 5.15. The Morgan fingerprint density at radius 3 is 2.27 bits per heavy atom. The van der Waals surface area contributed by atoms with Gasteiger partial charge in [0.2, 0.25) is 9.84 Å². The molecule has 0 bridgehead atoms. The van der Waals surface area contributed by atoms with E-state index in [1.54, 1.807) is 24.5 Å². The standard InChI is InChI=1S/C20H16F3N3O4S.C2H6/c21-20(22,23)30-17-5-1-2-6-18(17)31(28,29)16-9-7-15(8-10-16)26-19(27)25-13-14-4-3-11-24-12-14;1-2/h1-12H,13H2,(H2,25,26,27);1-2H3. The lowest BCUT2D eigenvalue weighted by atomic mass is 10.3. The van der Waals surface area contributed by atoms with Crippen molar-refractivity contribution in [3.8, 4) is 5.75 Å². The van der Waals surface area contributed by atoms with Gasteiger partial charge in [0.05, 0.1) is 4.90 Å². The van der Waals surface area contributed by atoms with Crippen LogP contribution < -0.4 is 15.4 Å². The molecule has 7 nitrogen and oxygen atoms in total. The summed E-state index contributed by atoms with van der Waals surface area (Å²) in [5.74, 6) is -0.827. The number of hydrogen-bond donors (Lipinski definition) is 2. The first-order chi connectivity index (χ1) is 15.6. The number of hydrogen-bond acceptors (Lipinski definition) is 5. The smallest absolute Gasteiger partial charge is 0.404 e. The van der Waals surface area contributed by atoms with E-state index in [2.05, 4.69) is 20.4 Å². The summed E-state index contributed by atoms with van der Waals surface area (Å²) < 4.78 is 67.2. The highest BCUT2D eigenvalue weighted by molar-refractivity contribution is 7.91. The average Bonchev–Trinajstić information content (AvgIpc) is 2.79. The Kier molecular flexibility index (Phi) is 8.80. The number of carbonyl (C=O) groups is 1. The third kappa shape index (κ3) is 7.49. The molecule has 3 aromatic rings. The first-order valence-corrected chi connectivity index (χ1v) is 11.3. The van der Waals surface area contributed by atoms with Crippen LogP contribution in [0.3, 0.4) is 0 Å². The van der Waals surface area contributed by atoms with Crippen molar-refractivity contribution in [2.24, 2.45) is 0 Å². The number of alkyl halides is 3. The molecule has 1 aromatic heterocycles. The quantitative estimate of drug-likeness (QED) is 0.507. The molecule has 0 unspecified atom stereocenters. The number of pyridine rings is 1. The van der Waals surface area contributed by atoms with Crippen LogP contribution in [0.2, 0.25) is 0 Å². The van der Waals surface area contributed by atoms with Gasteiger partial charge in [-0.25, -0.2) is 13.2 Å². The second-order valence-corrected chi connectivity index (χ2v) is 8.11. The highest BCUT2D eigenvalue weighted by atomic mass is 32.2. The molecule has 176 valence electrons. The fraction of sp³-hybridized carbons (Fsp3) is 0.182. The number of aromatic nitrogens is 1. The van der Waals surface area contributed by atoms with Crippen LogP contribution in [0, 0.1) is 0 Å². The fourth-order valence-electron chi connectivity index (χ4n) is 2.59. The molecular formula is C22H22F3N3O4S. The number of amides is 2. The highest BCUT2D eigenvalue weighted by Crippen LogP contribution is 2.33. The molecule has 11 heteroatoms. The predicted octanol–water partition coefficient (Wildman–Crippen LogP) is 5.16. The maximum absolute atomic E-state index is 12.8. The molecule has 3 rings (SSSR count). The summed E-state index contributed by atoms with van der Waals surface area (Å²) in [6.45, 7) is 4.24. The third-order valence-electron chi connectivity index (χ3n) is 3.96. The summed E-state index contributed by atoms with van der Waals surface area (Å²) in [6, 6.07) is 12.5. The van der Waals surface area contributed by atoms with Crippen LogP contribution >= 0.6 is 0 Å². The van der Waals surface area contributed by atoms with Crippen molar-refractivity contribution < 1.29 is 31.1 Å². The minimum atomic E-state index is -5.04. The monoisotopic (exact) mass is 481 g/mol. The van der Waals surface area contributed by atoms with Crippen LogP contribution in [0.25, 0.3) is 0 Å². The number of nitrogens with zero attached hydrogens (tertiary/aromatic N) is 1. The van der Waals surface area contributed by atoms with Gasteiger partial charge in [0.25, 0.3) is 0 Å². The predicted molar refractivity (Wildman–Crippen MR) is 116 cm³/mol. The minimum Gasteiger partial charge on any atom is -0.404 e. The molecule has 0 fully saturated rings. The molecule has 1 heterocycles. The molecule has 33 heavy (non-hydrogen) atoms. The van der Waals surface area contributed by atoms with Crippen LogP contribution in [0.1, 0.15) is 19.4 Å². The number of nitrogens with one attached hydrogen (secondary N) is 2.